The van der Waals surface area contributed by atoms with Crippen LogP contribution in [-0.4, -0.2) is 34.0 Å². The number of hydrogen-bond acceptors (Lipinski definition) is 3. The lowest BCUT2D eigenvalue weighted by Gasteiger charge is -2.33. The molecule has 1 aromatic carbocycles. The predicted octanol–water partition coefficient (Wildman–Crippen LogP) is 10.5. The Hall–Kier alpha value is -2.04. The van der Waals surface area contributed by atoms with Gasteiger partial charge < -0.3 is 10.0 Å². The first-order valence-corrected chi connectivity index (χ1v) is 17.7. The van der Waals surface area contributed by atoms with E-state index in [1.165, 1.54) is 89.9 Å². The summed E-state index contributed by atoms with van der Waals surface area (Å²) in [6, 6.07) is 3.91. The number of rotatable bonds is 20. The molecule has 43 heavy (non-hydrogen) atoms. The summed E-state index contributed by atoms with van der Waals surface area (Å²) < 4.78 is 0. The number of urea groups is 1. The van der Waals surface area contributed by atoms with E-state index in [0.29, 0.717) is 25.1 Å². The number of imide groups is 1. The van der Waals surface area contributed by atoms with Crippen LogP contribution in [0.1, 0.15) is 181 Å². The zero-order valence-electron chi connectivity index (χ0n) is 29.3. The fourth-order valence-corrected chi connectivity index (χ4v) is 6.43. The maximum absolute atomic E-state index is 13.0. The largest absolute Gasteiger partial charge is 0.507 e. The van der Waals surface area contributed by atoms with Crippen molar-refractivity contribution >= 4 is 11.9 Å². The third-order valence-electron chi connectivity index (χ3n) is 9.47. The van der Waals surface area contributed by atoms with Crippen molar-refractivity contribution in [2.24, 2.45) is 0 Å². The molecule has 1 aliphatic rings. The topological polar surface area (TPSA) is 69.6 Å². The minimum Gasteiger partial charge on any atom is -0.507 e. The van der Waals surface area contributed by atoms with Gasteiger partial charge in [-0.05, 0) is 53.7 Å². The van der Waals surface area contributed by atoms with Crippen molar-refractivity contribution < 1.29 is 14.7 Å². The minimum absolute atomic E-state index is 0.195. The number of hydrogen-bond donors (Lipinski definition) is 2. The van der Waals surface area contributed by atoms with Crippen LogP contribution in [-0.2, 0) is 22.0 Å². The first-order chi connectivity index (χ1) is 20.2. The van der Waals surface area contributed by atoms with Crippen LogP contribution in [0.4, 0.5) is 4.79 Å². The molecular weight excluding hydrogens is 532 g/mol. The molecule has 0 bridgehead atoms. The van der Waals surface area contributed by atoms with Crippen molar-refractivity contribution in [1.82, 2.24) is 10.2 Å². The van der Waals surface area contributed by atoms with Crippen molar-refractivity contribution in [3.05, 3.63) is 28.8 Å². The summed E-state index contributed by atoms with van der Waals surface area (Å²) >= 11 is 0. The molecule has 246 valence electrons. The number of nitrogens with zero attached hydrogens (tertiary/aromatic N) is 1. The monoisotopic (exact) mass is 599 g/mol. The molecule has 0 radical (unpaired) electrons. The van der Waals surface area contributed by atoms with E-state index in [0.717, 1.165) is 29.5 Å². The molecule has 3 amide bonds. The number of benzene rings is 1. The second-order valence-electron chi connectivity index (χ2n) is 15.5. The van der Waals surface area contributed by atoms with Crippen LogP contribution in [0.3, 0.4) is 0 Å². The summed E-state index contributed by atoms with van der Waals surface area (Å²) in [5.74, 6) is 0.175. The van der Waals surface area contributed by atoms with Gasteiger partial charge in [0.05, 0.1) is 0 Å². The molecule has 0 aromatic heterocycles. The first kappa shape index (κ1) is 37.1. The van der Waals surface area contributed by atoms with Crippen LogP contribution in [0.5, 0.6) is 5.75 Å². The lowest BCUT2D eigenvalue weighted by Crippen LogP contribution is -2.47. The first-order valence-electron chi connectivity index (χ1n) is 17.7. The van der Waals surface area contributed by atoms with Crippen LogP contribution < -0.4 is 5.32 Å². The van der Waals surface area contributed by atoms with E-state index in [2.05, 4.69) is 65.9 Å². The average molecular weight is 599 g/mol. The Labute approximate surface area is 265 Å². The van der Waals surface area contributed by atoms with Gasteiger partial charge in [-0.2, -0.15) is 0 Å². The van der Waals surface area contributed by atoms with E-state index in [1.54, 1.807) is 4.90 Å². The molecule has 1 aromatic rings. The molecule has 2 rings (SSSR count). The number of phenolic OH excluding ortho intramolecular Hbond substituents is 1. The Morgan fingerprint density at radius 1 is 0.698 bits per heavy atom. The van der Waals surface area contributed by atoms with Gasteiger partial charge in [-0.15, -0.1) is 0 Å². The quantitative estimate of drug-likeness (QED) is 0.116. The highest BCUT2D eigenvalue weighted by atomic mass is 16.3. The maximum atomic E-state index is 13.0. The summed E-state index contributed by atoms with van der Waals surface area (Å²) in [5.41, 5.74) is 1.69. The van der Waals surface area contributed by atoms with Gasteiger partial charge in [0.25, 0.3) is 5.91 Å². The lowest BCUT2D eigenvalue weighted by atomic mass is 9.77. The van der Waals surface area contributed by atoms with Crippen molar-refractivity contribution in [2.75, 3.05) is 6.54 Å². The number of carbonyl (C=O) groups is 2. The van der Waals surface area contributed by atoms with E-state index in [-0.39, 0.29) is 22.8 Å². The van der Waals surface area contributed by atoms with Crippen molar-refractivity contribution in [1.29, 1.82) is 0 Å². The molecule has 0 saturated carbocycles. The van der Waals surface area contributed by atoms with Crippen LogP contribution in [0.2, 0.25) is 0 Å². The second-order valence-corrected chi connectivity index (χ2v) is 15.5. The fraction of sp³-hybridized carbons (Fsp3) is 0.789. The number of amides is 3. The molecule has 2 N–H and O–H groups in total. The Bertz CT molecular complexity index is 968. The number of nitrogens with one attached hydrogen (secondary N) is 1. The second kappa shape index (κ2) is 17.4. The van der Waals surface area contributed by atoms with E-state index in [4.69, 9.17) is 0 Å². The van der Waals surface area contributed by atoms with Gasteiger partial charge >= 0.3 is 6.03 Å². The van der Waals surface area contributed by atoms with E-state index in [1.807, 2.05) is 6.92 Å². The van der Waals surface area contributed by atoms with Gasteiger partial charge in [0.1, 0.15) is 11.3 Å². The van der Waals surface area contributed by atoms with Crippen LogP contribution in [0.15, 0.2) is 12.1 Å². The van der Waals surface area contributed by atoms with Crippen LogP contribution in [0.25, 0.3) is 0 Å². The van der Waals surface area contributed by atoms with Crippen molar-refractivity contribution in [2.45, 2.75) is 187 Å². The summed E-state index contributed by atoms with van der Waals surface area (Å²) in [4.78, 5) is 27.6. The van der Waals surface area contributed by atoms with Crippen molar-refractivity contribution in [3.63, 3.8) is 0 Å². The third kappa shape index (κ3) is 11.8. The molecule has 0 spiro atoms. The molecule has 5 nitrogen and oxygen atoms in total. The number of unbranched alkanes of at least 4 members (excludes halogenated alkanes) is 15. The molecular formula is C38H66N2O3. The molecule has 0 aliphatic carbocycles. The summed E-state index contributed by atoms with van der Waals surface area (Å²) in [6.07, 6.45) is 22.3. The number of aromatic hydroxyl groups is 1. The normalized spacial score (nSPS) is 17.6. The number of carbonyl (C=O) groups excluding carboxylic acids is 2. The van der Waals surface area contributed by atoms with E-state index < -0.39 is 5.54 Å². The SMILES string of the molecule is CCCCCCCCCCCCCCCCCCN1C(=O)NC(=O)C1(C)CCc1cc(C(C)(C)C)c(O)c(C(C)(C)C)c1. The molecule has 1 heterocycles. The van der Waals surface area contributed by atoms with Gasteiger partial charge in [0.2, 0.25) is 0 Å². The zero-order chi connectivity index (χ0) is 32.1. The van der Waals surface area contributed by atoms with Crippen LogP contribution in [0, 0.1) is 0 Å². The van der Waals surface area contributed by atoms with E-state index >= 15 is 0 Å². The molecule has 1 unspecified atom stereocenters. The van der Waals surface area contributed by atoms with Gasteiger partial charge in [-0.3, -0.25) is 10.1 Å². The summed E-state index contributed by atoms with van der Waals surface area (Å²) in [5, 5.41) is 13.7. The molecule has 1 atom stereocenters. The Morgan fingerprint density at radius 2 is 1.09 bits per heavy atom. The number of phenols is 1. The number of aryl methyl sites for hydroxylation is 1. The maximum Gasteiger partial charge on any atom is 0.325 e. The highest BCUT2D eigenvalue weighted by molar-refractivity contribution is 6.06. The van der Waals surface area contributed by atoms with Gasteiger partial charge in [-0.1, -0.05) is 157 Å². The van der Waals surface area contributed by atoms with Gasteiger partial charge in [0.15, 0.2) is 0 Å². The minimum atomic E-state index is -0.853. The molecule has 1 fully saturated rings. The highest BCUT2D eigenvalue weighted by Crippen LogP contribution is 2.40. The Kier molecular flexibility index (Phi) is 15.1. The smallest absolute Gasteiger partial charge is 0.325 e. The summed E-state index contributed by atoms with van der Waals surface area (Å²) in [7, 11) is 0. The van der Waals surface area contributed by atoms with Crippen LogP contribution >= 0.6 is 0 Å². The van der Waals surface area contributed by atoms with Gasteiger partial charge in [-0.25, -0.2) is 4.79 Å². The highest BCUT2D eigenvalue weighted by Gasteiger charge is 2.48. The zero-order valence-corrected chi connectivity index (χ0v) is 29.3. The molecule has 1 aliphatic heterocycles. The summed E-state index contributed by atoms with van der Waals surface area (Å²) in [6.45, 7) is 17.5. The standard InChI is InChI=1S/C38H66N2O3/c1-9-10-11-12-13-14-15-16-17-18-19-20-21-22-23-24-27-40-35(43)39-34(42)38(40,8)26-25-30-28-31(36(2,3)4)33(41)32(29-30)37(5,6)7/h28-29,41H,9-27H2,1-8H3,(H,39,42,43). The predicted molar refractivity (Wildman–Crippen MR) is 182 cm³/mol. The van der Waals surface area contributed by atoms with Crippen molar-refractivity contribution in [3.8, 4) is 5.75 Å². The molecule has 5 heteroatoms. The van der Waals surface area contributed by atoms with E-state index in [9.17, 15) is 14.7 Å². The van der Waals surface area contributed by atoms with Gasteiger partial charge in [0, 0.05) is 6.54 Å². The Balaban J connectivity index is 1.77. The third-order valence-corrected chi connectivity index (χ3v) is 9.47. The average Bonchev–Trinajstić information content (AvgIpc) is 3.13. The molecule has 1 saturated heterocycles. The Morgan fingerprint density at radius 3 is 1.49 bits per heavy atom. The lowest BCUT2D eigenvalue weighted by molar-refractivity contribution is -0.126. The fourth-order valence-electron chi connectivity index (χ4n) is 6.43.